The van der Waals surface area contributed by atoms with E-state index in [-0.39, 0.29) is 49.1 Å². The first-order valence-corrected chi connectivity index (χ1v) is 28.0. The number of allylic oxidation sites excluding steroid dienone is 12. The van der Waals surface area contributed by atoms with Crippen molar-refractivity contribution in [2.45, 2.75) is 251 Å². The van der Waals surface area contributed by atoms with E-state index in [2.05, 4.69) is 86.8 Å². The summed E-state index contributed by atoms with van der Waals surface area (Å²) in [4.78, 5) is 37.1. The molecule has 8 nitrogen and oxygen atoms in total. The molecule has 0 aliphatic heterocycles. The van der Waals surface area contributed by atoms with Gasteiger partial charge in [-0.1, -0.05) is 228 Å². The lowest BCUT2D eigenvalue weighted by Crippen LogP contribution is -2.55. The summed E-state index contributed by atoms with van der Waals surface area (Å²) in [6.07, 6.45) is 65.1. The minimum absolute atomic E-state index is 0.0290. The summed E-state index contributed by atoms with van der Waals surface area (Å²) < 4.78 is 17.3. The molecule has 0 saturated heterocycles. The molecule has 0 heterocycles. The number of carbonyl (C=O) groups is 3. The molecule has 0 aliphatic rings. The Morgan fingerprint density at radius 1 is 0.456 bits per heavy atom. The molecule has 0 saturated carbocycles. The number of aliphatic carboxylic acids is 1. The summed E-state index contributed by atoms with van der Waals surface area (Å²) in [5.41, 5.74) is 0. The number of carbonyl (C=O) groups excluding carboxylic acids is 3. The Bertz CT molecular complexity index is 1340. The first kappa shape index (κ1) is 64.8. The first-order chi connectivity index (χ1) is 33.1. The molecule has 2 unspecified atom stereocenters. The highest BCUT2D eigenvalue weighted by Crippen LogP contribution is 2.16. The average molecular weight is 952 g/mol. The van der Waals surface area contributed by atoms with Crippen LogP contribution in [-0.2, 0) is 28.6 Å². The van der Waals surface area contributed by atoms with E-state index >= 15 is 0 Å². The zero-order chi connectivity index (χ0) is 49.9. The van der Waals surface area contributed by atoms with Gasteiger partial charge in [0.25, 0.3) is 0 Å². The molecular formula is C60H105NO7. The van der Waals surface area contributed by atoms with Crippen molar-refractivity contribution < 1.29 is 38.2 Å². The summed E-state index contributed by atoms with van der Waals surface area (Å²) in [5.74, 6) is -1.76. The van der Waals surface area contributed by atoms with Crippen LogP contribution in [0, 0.1) is 0 Å². The molecular weight excluding hydrogens is 847 g/mol. The number of carboxylic acid groups (broad SMARTS) is 1. The van der Waals surface area contributed by atoms with Gasteiger partial charge < -0.3 is 28.6 Å². The number of likely N-dealkylation sites (N-methyl/N-ethyl adjacent to an activating group) is 1. The molecule has 0 aromatic carbocycles. The maximum absolute atomic E-state index is 12.8. The van der Waals surface area contributed by atoms with Crippen LogP contribution in [0.1, 0.15) is 239 Å². The van der Waals surface area contributed by atoms with Crippen LogP contribution in [0.15, 0.2) is 72.9 Å². The van der Waals surface area contributed by atoms with Gasteiger partial charge in [-0.2, -0.15) is 0 Å². The topological polar surface area (TPSA) is 102 Å². The number of nitrogens with zero attached hydrogens (tertiary/aromatic N) is 1. The third-order valence-electron chi connectivity index (χ3n) is 12.4. The normalized spacial score (nSPS) is 13.4. The molecule has 0 aromatic heterocycles. The number of hydrogen-bond donors (Lipinski definition) is 0. The van der Waals surface area contributed by atoms with Gasteiger partial charge >= 0.3 is 11.9 Å². The molecule has 0 N–H and O–H groups in total. The number of ether oxygens (including phenoxy) is 3. The summed E-state index contributed by atoms with van der Waals surface area (Å²) in [5, 5.41) is 11.7. The molecule has 0 rings (SSSR count). The van der Waals surface area contributed by atoms with Crippen LogP contribution in [0.2, 0.25) is 0 Å². The predicted molar refractivity (Wildman–Crippen MR) is 286 cm³/mol. The summed E-state index contributed by atoms with van der Waals surface area (Å²) in [6.45, 7) is 4.55. The lowest BCUT2D eigenvalue weighted by molar-refractivity contribution is -0.889. The third kappa shape index (κ3) is 47.8. The van der Waals surface area contributed by atoms with Crippen LogP contribution in [0.3, 0.4) is 0 Å². The molecule has 68 heavy (non-hydrogen) atoms. The average Bonchev–Trinajstić information content (AvgIpc) is 3.30. The SMILES string of the molecule is CC/C=C/C/C=C/C/C=C/C/C=C/C/C=C/C/C=C/CCCCCCC(=O)OC(COCCC(C(=O)[O-])[N+](C)(C)C)COC(=O)CCCCCCCCCCCCCCCCCCCCCCC. The van der Waals surface area contributed by atoms with Gasteiger partial charge in [-0.3, -0.25) is 9.59 Å². The zero-order valence-electron chi connectivity index (χ0n) is 44.8. The van der Waals surface area contributed by atoms with Gasteiger partial charge in [0, 0.05) is 19.3 Å². The number of carboxylic acids is 1. The van der Waals surface area contributed by atoms with Crippen molar-refractivity contribution in [3.05, 3.63) is 72.9 Å². The highest BCUT2D eigenvalue weighted by Gasteiger charge is 2.25. The maximum Gasteiger partial charge on any atom is 0.306 e. The number of quaternary nitrogens is 1. The Hall–Kier alpha value is -3.23. The van der Waals surface area contributed by atoms with Crippen molar-refractivity contribution in [2.24, 2.45) is 0 Å². The summed E-state index contributed by atoms with van der Waals surface area (Å²) in [6, 6.07) is -0.734. The summed E-state index contributed by atoms with van der Waals surface area (Å²) in [7, 11) is 5.41. The Morgan fingerprint density at radius 2 is 0.824 bits per heavy atom. The molecule has 0 spiro atoms. The van der Waals surface area contributed by atoms with E-state index in [4.69, 9.17) is 14.2 Å². The van der Waals surface area contributed by atoms with Gasteiger partial charge in [0.15, 0.2) is 6.10 Å². The molecule has 0 aromatic rings. The monoisotopic (exact) mass is 952 g/mol. The van der Waals surface area contributed by atoms with Crippen LogP contribution in [0.5, 0.6) is 0 Å². The van der Waals surface area contributed by atoms with Crippen molar-refractivity contribution in [1.29, 1.82) is 0 Å². The van der Waals surface area contributed by atoms with E-state index in [9.17, 15) is 19.5 Å². The van der Waals surface area contributed by atoms with Gasteiger partial charge in [-0.05, 0) is 64.2 Å². The first-order valence-electron chi connectivity index (χ1n) is 28.0. The lowest BCUT2D eigenvalue weighted by Gasteiger charge is -2.34. The second-order valence-corrected chi connectivity index (χ2v) is 19.8. The van der Waals surface area contributed by atoms with Gasteiger partial charge in [-0.25, -0.2) is 0 Å². The molecule has 0 bridgehead atoms. The number of unbranched alkanes of at least 4 members (excludes halogenated alkanes) is 24. The van der Waals surface area contributed by atoms with E-state index in [0.717, 1.165) is 89.9 Å². The Balaban J connectivity index is 4.25. The van der Waals surface area contributed by atoms with Gasteiger partial charge in [0.2, 0.25) is 0 Å². The molecule has 0 amide bonds. The van der Waals surface area contributed by atoms with Crippen molar-refractivity contribution in [2.75, 3.05) is 41.0 Å². The third-order valence-corrected chi connectivity index (χ3v) is 12.4. The largest absolute Gasteiger partial charge is 0.544 e. The van der Waals surface area contributed by atoms with Crippen LogP contribution in [0.25, 0.3) is 0 Å². The van der Waals surface area contributed by atoms with Crippen LogP contribution < -0.4 is 5.11 Å². The maximum atomic E-state index is 12.8. The van der Waals surface area contributed by atoms with Crippen molar-refractivity contribution in [3.8, 4) is 0 Å². The highest BCUT2D eigenvalue weighted by molar-refractivity contribution is 5.70. The molecule has 392 valence electrons. The number of hydrogen-bond acceptors (Lipinski definition) is 7. The number of esters is 2. The fourth-order valence-electron chi connectivity index (χ4n) is 8.08. The van der Waals surface area contributed by atoms with E-state index in [1.165, 1.54) is 116 Å². The van der Waals surface area contributed by atoms with Crippen LogP contribution >= 0.6 is 0 Å². The van der Waals surface area contributed by atoms with E-state index in [1.807, 2.05) is 0 Å². The fraction of sp³-hybridized carbons (Fsp3) is 0.750. The zero-order valence-corrected chi connectivity index (χ0v) is 44.8. The molecule has 0 aliphatic carbocycles. The summed E-state index contributed by atoms with van der Waals surface area (Å²) >= 11 is 0. The van der Waals surface area contributed by atoms with Crippen LogP contribution in [-0.4, -0.2) is 75.5 Å². The van der Waals surface area contributed by atoms with Crippen LogP contribution in [0.4, 0.5) is 0 Å². The smallest absolute Gasteiger partial charge is 0.306 e. The minimum Gasteiger partial charge on any atom is -0.544 e. The molecule has 0 fully saturated rings. The Labute approximate surface area is 419 Å². The quantitative estimate of drug-likeness (QED) is 0.0259. The second kappa shape index (κ2) is 50.2. The molecule has 8 heteroatoms. The van der Waals surface area contributed by atoms with Gasteiger partial charge in [0.05, 0.1) is 40.3 Å². The minimum atomic E-state index is -1.13. The predicted octanol–water partition coefficient (Wildman–Crippen LogP) is 15.3. The van der Waals surface area contributed by atoms with E-state index < -0.39 is 18.1 Å². The molecule has 0 radical (unpaired) electrons. The second-order valence-electron chi connectivity index (χ2n) is 19.8. The van der Waals surface area contributed by atoms with Crippen molar-refractivity contribution in [3.63, 3.8) is 0 Å². The Morgan fingerprint density at radius 3 is 1.22 bits per heavy atom. The van der Waals surface area contributed by atoms with E-state index in [1.54, 1.807) is 21.1 Å². The lowest BCUT2D eigenvalue weighted by atomic mass is 10.0. The fourth-order valence-corrected chi connectivity index (χ4v) is 8.08. The highest BCUT2D eigenvalue weighted by atomic mass is 16.6. The van der Waals surface area contributed by atoms with Gasteiger partial charge in [0.1, 0.15) is 12.6 Å². The Kier molecular flexibility index (Phi) is 47.8. The van der Waals surface area contributed by atoms with Crippen molar-refractivity contribution in [1.82, 2.24) is 0 Å². The van der Waals surface area contributed by atoms with Gasteiger partial charge in [-0.15, -0.1) is 0 Å². The standard InChI is InChI=1S/C60H105NO7/c1-6-8-10-12-14-16-18-20-22-24-26-28-29-31-33-35-37-39-41-43-45-47-49-51-59(63)68-56(54-66-53-52-57(60(64)65)61(3,4)5)55-67-58(62)50-48-46-44-42-40-38-36-34-32-30-27-25-23-21-19-17-15-13-11-9-7-2/h8,10,14,16,20,22,26,28,31,33,37,39,56-57H,6-7,9,11-13,15,17-19,21,23-25,27,29-30,32,34-36,38,40-55H2,1-5H3/b10-8+,16-14+,22-20+,28-26+,33-31+,39-37+. The molecule has 2 atom stereocenters. The van der Waals surface area contributed by atoms with Crippen molar-refractivity contribution >= 4 is 17.9 Å². The number of rotatable bonds is 50. The van der Waals surface area contributed by atoms with E-state index in [0.29, 0.717) is 6.42 Å².